The molecule has 2 atom stereocenters. The number of aromatic nitrogens is 1. The normalized spacial score (nSPS) is 15.4. The Labute approximate surface area is 189 Å². The van der Waals surface area contributed by atoms with Crippen molar-refractivity contribution in [2.45, 2.75) is 31.9 Å². The number of rotatable bonds is 9. The molecule has 1 saturated heterocycles. The highest BCUT2D eigenvalue weighted by molar-refractivity contribution is 5.94. The van der Waals surface area contributed by atoms with Crippen molar-refractivity contribution >= 4 is 11.7 Å². The minimum Gasteiger partial charge on any atom is -0.486 e. The van der Waals surface area contributed by atoms with E-state index in [0.29, 0.717) is 18.1 Å². The fourth-order valence-electron chi connectivity index (χ4n) is 3.58. The molecular weight excluding hydrogens is 400 g/mol. The lowest BCUT2D eigenvalue weighted by molar-refractivity contribution is -0.118. The number of nitrogens with zero attached hydrogens (tertiary/aromatic N) is 1. The van der Waals surface area contributed by atoms with Crippen molar-refractivity contribution in [1.82, 2.24) is 15.6 Å². The fourth-order valence-corrected chi connectivity index (χ4v) is 3.58. The molecule has 0 bridgehead atoms. The molecule has 1 fully saturated rings. The number of nitrogens with one attached hydrogen (secondary N) is 3. The van der Waals surface area contributed by atoms with E-state index in [1.165, 1.54) is 11.1 Å². The molecule has 32 heavy (non-hydrogen) atoms. The lowest BCUT2D eigenvalue weighted by Crippen LogP contribution is -2.50. The van der Waals surface area contributed by atoms with Gasteiger partial charge in [0, 0.05) is 19.6 Å². The van der Waals surface area contributed by atoms with Gasteiger partial charge in [-0.2, -0.15) is 0 Å². The summed E-state index contributed by atoms with van der Waals surface area (Å²) >= 11 is 0. The molecule has 0 aliphatic carbocycles. The zero-order valence-corrected chi connectivity index (χ0v) is 18.5. The highest BCUT2D eigenvalue weighted by atomic mass is 16.5. The molecule has 6 nitrogen and oxygen atoms in total. The van der Waals surface area contributed by atoms with E-state index in [1.807, 2.05) is 36.4 Å². The molecule has 1 aliphatic rings. The summed E-state index contributed by atoms with van der Waals surface area (Å²) in [5.74, 6) is 1.34. The zero-order chi connectivity index (χ0) is 22.3. The van der Waals surface area contributed by atoms with Crippen LogP contribution >= 0.6 is 0 Å². The molecule has 1 aliphatic heterocycles. The Kier molecular flexibility index (Phi) is 7.14. The van der Waals surface area contributed by atoms with Gasteiger partial charge in [0.2, 0.25) is 5.91 Å². The first kappa shape index (κ1) is 22.0. The molecule has 1 amide bonds. The van der Waals surface area contributed by atoms with Crippen molar-refractivity contribution in [3.8, 4) is 5.75 Å². The number of anilines is 1. The van der Waals surface area contributed by atoms with E-state index in [9.17, 15) is 4.79 Å². The maximum atomic E-state index is 13.2. The first-order valence-corrected chi connectivity index (χ1v) is 11.1. The van der Waals surface area contributed by atoms with Gasteiger partial charge < -0.3 is 20.7 Å². The number of carbonyl (C=O) groups is 1. The van der Waals surface area contributed by atoms with Gasteiger partial charge in [-0.15, -0.1) is 0 Å². The smallest absolute Gasteiger partial charge is 0.247 e. The Morgan fingerprint density at radius 2 is 1.81 bits per heavy atom. The Morgan fingerprint density at radius 3 is 2.44 bits per heavy atom. The zero-order valence-electron chi connectivity index (χ0n) is 18.5. The number of amides is 1. The van der Waals surface area contributed by atoms with Crippen LogP contribution in [-0.2, 0) is 4.79 Å². The number of carbonyl (C=O) groups excluding carboxylic acids is 1. The number of hydrogen-bond acceptors (Lipinski definition) is 5. The minimum atomic E-state index is -0.483. The van der Waals surface area contributed by atoms with Gasteiger partial charge >= 0.3 is 0 Å². The number of aryl methyl sites for hydroxylation is 1. The quantitative estimate of drug-likeness (QED) is 0.481. The van der Waals surface area contributed by atoms with Gasteiger partial charge in [-0.25, -0.2) is 4.98 Å². The second-order valence-corrected chi connectivity index (χ2v) is 8.33. The summed E-state index contributed by atoms with van der Waals surface area (Å²) in [7, 11) is 0. The summed E-state index contributed by atoms with van der Waals surface area (Å²) in [6, 6.07) is 21.4. The SMILES string of the molecule is Cc1ccc([C@H](C)CN[C@H](C(=O)Nc2ccc(OC3CNC3)cn2)c2ccccc2)cc1. The summed E-state index contributed by atoms with van der Waals surface area (Å²) in [5.41, 5.74) is 3.40. The standard InChI is InChI=1S/C26H30N4O2/c1-18-8-10-20(11-9-18)19(2)14-29-25(21-6-4-3-5-7-21)26(31)30-24-13-12-22(17-28-24)32-23-15-27-16-23/h3-13,17,19,23,25,27,29H,14-16H2,1-2H3,(H,28,30,31)/t19-,25+/m1/s1. The summed E-state index contributed by atoms with van der Waals surface area (Å²) in [6.45, 7) is 6.62. The van der Waals surface area contributed by atoms with Crippen molar-refractivity contribution in [2.75, 3.05) is 25.0 Å². The highest BCUT2D eigenvalue weighted by Gasteiger charge is 2.22. The van der Waals surface area contributed by atoms with Crippen LogP contribution < -0.4 is 20.7 Å². The third-order valence-electron chi connectivity index (χ3n) is 5.70. The van der Waals surface area contributed by atoms with Crippen LogP contribution in [0.25, 0.3) is 0 Å². The fraction of sp³-hybridized carbons (Fsp3) is 0.308. The maximum absolute atomic E-state index is 13.2. The van der Waals surface area contributed by atoms with Gasteiger partial charge in [-0.05, 0) is 36.1 Å². The molecule has 0 saturated carbocycles. The molecule has 2 heterocycles. The largest absolute Gasteiger partial charge is 0.486 e. The van der Waals surface area contributed by atoms with Crippen LogP contribution in [0.2, 0.25) is 0 Å². The Balaban J connectivity index is 1.41. The van der Waals surface area contributed by atoms with Crippen LogP contribution in [0.3, 0.4) is 0 Å². The minimum absolute atomic E-state index is 0.142. The van der Waals surface area contributed by atoms with Crippen LogP contribution in [-0.4, -0.2) is 36.6 Å². The van der Waals surface area contributed by atoms with E-state index in [2.05, 4.69) is 59.0 Å². The summed E-state index contributed by atoms with van der Waals surface area (Å²) < 4.78 is 5.79. The predicted molar refractivity (Wildman–Crippen MR) is 127 cm³/mol. The van der Waals surface area contributed by atoms with E-state index in [4.69, 9.17) is 4.74 Å². The molecule has 0 radical (unpaired) electrons. The van der Waals surface area contributed by atoms with Crippen molar-refractivity contribution in [1.29, 1.82) is 0 Å². The van der Waals surface area contributed by atoms with Gasteiger partial charge in [0.25, 0.3) is 0 Å². The second-order valence-electron chi connectivity index (χ2n) is 8.33. The van der Waals surface area contributed by atoms with Crippen LogP contribution in [0.15, 0.2) is 72.9 Å². The first-order chi connectivity index (χ1) is 15.6. The molecule has 3 aromatic rings. The summed E-state index contributed by atoms with van der Waals surface area (Å²) in [4.78, 5) is 17.5. The molecule has 0 unspecified atom stereocenters. The average Bonchev–Trinajstić information content (AvgIpc) is 2.78. The Morgan fingerprint density at radius 1 is 1.06 bits per heavy atom. The Hall–Kier alpha value is -3.22. The molecule has 3 N–H and O–H groups in total. The third kappa shape index (κ3) is 5.72. The topological polar surface area (TPSA) is 75.3 Å². The molecular formula is C26H30N4O2. The van der Waals surface area contributed by atoms with Crippen molar-refractivity contribution in [2.24, 2.45) is 0 Å². The van der Waals surface area contributed by atoms with Gasteiger partial charge in [-0.1, -0.05) is 67.1 Å². The first-order valence-electron chi connectivity index (χ1n) is 11.1. The van der Waals surface area contributed by atoms with E-state index in [-0.39, 0.29) is 17.9 Å². The number of benzene rings is 2. The molecule has 166 valence electrons. The van der Waals surface area contributed by atoms with E-state index in [1.54, 1.807) is 12.3 Å². The lowest BCUT2D eigenvalue weighted by Gasteiger charge is -2.27. The summed E-state index contributed by atoms with van der Waals surface area (Å²) in [5, 5.41) is 9.56. The molecule has 0 spiro atoms. The van der Waals surface area contributed by atoms with E-state index < -0.39 is 6.04 Å². The van der Waals surface area contributed by atoms with Crippen LogP contribution in [0.4, 0.5) is 5.82 Å². The van der Waals surface area contributed by atoms with E-state index >= 15 is 0 Å². The maximum Gasteiger partial charge on any atom is 0.247 e. The number of ether oxygens (including phenoxy) is 1. The predicted octanol–water partition coefficient (Wildman–Crippen LogP) is 3.81. The van der Waals surface area contributed by atoms with Crippen LogP contribution in [0.1, 0.15) is 35.6 Å². The van der Waals surface area contributed by atoms with Crippen molar-refractivity contribution in [3.05, 3.63) is 89.6 Å². The number of hydrogen-bond donors (Lipinski definition) is 3. The summed E-state index contributed by atoms with van der Waals surface area (Å²) in [6.07, 6.45) is 1.85. The highest BCUT2D eigenvalue weighted by Crippen LogP contribution is 2.20. The molecule has 4 rings (SSSR count). The molecule has 6 heteroatoms. The Bertz CT molecular complexity index is 1000. The second kappa shape index (κ2) is 10.4. The third-order valence-corrected chi connectivity index (χ3v) is 5.70. The average molecular weight is 431 g/mol. The molecule has 2 aromatic carbocycles. The molecule has 1 aromatic heterocycles. The van der Waals surface area contributed by atoms with Gasteiger partial charge in [0.15, 0.2) is 0 Å². The van der Waals surface area contributed by atoms with Crippen molar-refractivity contribution < 1.29 is 9.53 Å². The number of pyridine rings is 1. The van der Waals surface area contributed by atoms with Gasteiger partial charge in [0.05, 0.1) is 6.20 Å². The van der Waals surface area contributed by atoms with Crippen LogP contribution in [0.5, 0.6) is 5.75 Å². The van der Waals surface area contributed by atoms with Crippen LogP contribution in [0, 0.1) is 6.92 Å². The van der Waals surface area contributed by atoms with Gasteiger partial charge in [-0.3, -0.25) is 4.79 Å². The monoisotopic (exact) mass is 430 g/mol. The van der Waals surface area contributed by atoms with Crippen molar-refractivity contribution in [3.63, 3.8) is 0 Å². The lowest BCUT2D eigenvalue weighted by atomic mass is 9.98. The van der Waals surface area contributed by atoms with E-state index in [0.717, 1.165) is 18.7 Å². The van der Waals surface area contributed by atoms with Gasteiger partial charge in [0.1, 0.15) is 23.7 Å².